The van der Waals surface area contributed by atoms with Gasteiger partial charge in [0.25, 0.3) is 11.8 Å². The van der Waals surface area contributed by atoms with Crippen molar-refractivity contribution in [2.75, 3.05) is 0 Å². The number of benzene rings is 1. The van der Waals surface area contributed by atoms with E-state index in [0.29, 0.717) is 0 Å². The second-order valence-corrected chi connectivity index (χ2v) is 8.39. The van der Waals surface area contributed by atoms with Crippen molar-refractivity contribution in [1.29, 1.82) is 0 Å². The second kappa shape index (κ2) is 7.70. The van der Waals surface area contributed by atoms with E-state index in [1.165, 1.54) is 10.8 Å². The van der Waals surface area contributed by atoms with Crippen molar-refractivity contribution in [2.45, 2.75) is 57.1 Å². The zero-order valence-electron chi connectivity index (χ0n) is 17.0. The number of hydrogen-bond donors (Lipinski definition) is 2. The Hall–Kier alpha value is -3.27. The van der Waals surface area contributed by atoms with Crippen LogP contribution in [0.25, 0.3) is 0 Å². The third-order valence-electron chi connectivity index (χ3n) is 6.39. The van der Waals surface area contributed by atoms with Gasteiger partial charge in [-0.1, -0.05) is 0 Å². The number of nitrogens with zero attached hydrogens (tertiary/aromatic N) is 2. The predicted molar refractivity (Wildman–Crippen MR) is 107 cm³/mol. The molecule has 8 nitrogen and oxygen atoms in total. The van der Waals surface area contributed by atoms with Crippen molar-refractivity contribution >= 4 is 11.8 Å². The zero-order chi connectivity index (χ0) is 22.6. The van der Waals surface area contributed by atoms with E-state index in [1.54, 1.807) is 4.90 Å². The Morgan fingerprint density at radius 3 is 2.88 bits per heavy atom. The molecule has 3 heterocycles. The molecular weight excluding hydrogens is 424 g/mol. The van der Waals surface area contributed by atoms with Gasteiger partial charge in [-0.2, -0.15) is 0 Å². The normalized spacial score (nSPS) is 24.0. The minimum atomic E-state index is -1.00. The van der Waals surface area contributed by atoms with E-state index < -0.39 is 46.4 Å². The Kier molecular flexibility index (Phi) is 4.96. The van der Waals surface area contributed by atoms with Gasteiger partial charge in [0.1, 0.15) is 17.2 Å². The first-order valence-electron chi connectivity index (χ1n) is 10.5. The number of hydrogen-bond acceptors (Lipinski definition) is 5. The lowest BCUT2D eigenvalue weighted by molar-refractivity contribution is -0.170. The summed E-state index contributed by atoms with van der Waals surface area (Å²) in [5, 5.41) is 12.9. The summed E-state index contributed by atoms with van der Waals surface area (Å²) >= 11 is 0. The van der Waals surface area contributed by atoms with Crippen LogP contribution in [-0.4, -0.2) is 44.8 Å². The Morgan fingerprint density at radius 1 is 1.25 bits per heavy atom. The van der Waals surface area contributed by atoms with E-state index in [-0.39, 0.29) is 36.5 Å². The molecule has 2 aliphatic heterocycles. The van der Waals surface area contributed by atoms with Gasteiger partial charge >= 0.3 is 0 Å². The molecule has 1 saturated heterocycles. The average molecular weight is 445 g/mol. The number of halogens is 2. The molecule has 2 N–H and O–H groups in total. The number of carbonyl (C=O) groups is 2. The van der Waals surface area contributed by atoms with Crippen LogP contribution in [-0.2, 0) is 17.8 Å². The Bertz CT molecular complexity index is 1180. The van der Waals surface area contributed by atoms with Crippen molar-refractivity contribution < 1.29 is 28.2 Å². The monoisotopic (exact) mass is 445 g/mol. The van der Waals surface area contributed by atoms with Gasteiger partial charge in [0.15, 0.2) is 17.7 Å². The van der Waals surface area contributed by atoms with Crippen LogP contribution < -0.4 is 10.7 Å². The molecule has 168 valence electrons. The van der Waals surface area contributed by atoms with Gasteiger partial charge in [0.2, 0.25) is 5.43 Å². The smallest absolute Gasteiger partial charge is 0.276 e. The van der Waals surface area contributed by atoms with Crippen molar-refractivity contribution in [2.24, 2.45) is 0 Å². The Balaban J connectivity index is 1.44. The standard InChI is InChI=1S/C22H21F2N3O5/c23-12-4-5-16(24)11(6-12)8-25-21(30)15-9-26-10-17-27(13-2-1-3-14(7-13)32-17)22(31)18(26)20(29)19(15)28/h4-6,9,13-14,17,29H,1-3,7-8,10H2,(H,25,30)/t13-,14+,17+/m0/s1. The summed E-state index contributed by atoms with van der Waals surface area (Å²) in [5.41, 5.74) is -1.67. The number of ether oxygens (including phenoxy) is 1. The van der Waals surface area contributed by atoms with Crippen molar-refractivity contribution in [3.8, 4) is 5.75 Å². The summed E-state index contributed by atoms with van der Waals surface area (Å²) in [6.07, 6.45) is 4.14. The highest BCUT2D eigenvalue weighted by molar-refractivity contribution is 5.99. The summed E-state index contributed by atoms with van der Waals surface area (Å²) in [7, 11) is 0. The maximum atomic E-state index is 13.8. The fourth-order valence-electron chi connectivity index (χ4n) is 4.87. The number of rotatable bonds is 3. The molecule has 10 heteroatoms. The van der Waals surface area contributed by atoms with Crippen LogP contribution in [0.1, 0.15) is 52.1 Å². The fraction of sp³-hybridized carbons (Fsp3) is 0.409. The van der Waals surface area contributed by atoms with E-state index in [2.05, 4.69) is 5.32 Å². The number of amides is 2. The van der Waals surface area contributed by atoms with Gasteiger partial charge in [-0.25, -0.2) is 8.78 Å². The van der Waals surface area contributed by atoms with Crippen LogP contribution in [0.15, 0.2) is 29.2 Å². The molecule has 32 heavy (non-hydrogen) atoms. The van der Waals surface area contributed by atoms with Crippen molar-refractivity contribution in [3.63, 3.8) is 0 Å². The van der Waals surface area contributed by atoms with Gasteiger partial charge in [-0.3, -0.25) is 14.4 Å². The summed E-state index contributed by atoms with van der Waals surface area (Å²) in [6.45, 7) is -0.188. The molecule has 0 spiro atoms. The highest BCUT2D eigenvalue weighted by atomic mass is 19.1. The molecule has 1 saturated carbocycles. The molecule has 2 bridgehead atoms. The first-order chi connectivity index (χ1) is 15.3. The van der Waals surface area contributed by atoms with Crippen LogP contribution in [0.3, 0.4) is 0 Å². The molecule has 2 amide bonds. The van der Waals surface area contributed by atoms with Crippen LogP contribution in [0.5, 0.6) is 5.75 Å². The lowest BCUT2D eigenvalue weighted by Crippen LogP contribution is -2.60. The molecule has 0 radical (unpaired) electrons. The minimum Gasteiger partial charge on any atom is -0.503 e. The predicted octanol–water partition coefficient (Wildman–Crippen LogP) is 1.89. The third-order valence-corrected chi connectivity index (χ3v) is 6.39. The van der Waals surface area contributed by atoms with Crippen LogP contribution in [0.4, 0.5) is 8.78 Å². The number of nitrogens with one attached hydrogen (secondary N) is 1. The summed E-state index contributed by atoms with van der Waals surface area (Å²) < 4.78 is 34.5. The largest absolute Gasteiger partial charge is 0.503 e. The number of aromatic hydroxyl groups is 1. The lowest BCUT2D eigenvalue weighted by Gasteiger charge is -2.50. The van der Waals surface area contributed by atoms with E-state index in [4.69, 9.17) is 4.74 Å². The molecule has 1 aromatic carbocycles. The van der Waals surface area contributed by atoms with Crippen LogP contribution in [0, 0.1) is 11.6 Å². The first kappa shape index (κ1) is 20.6. The maximum absolute atomic E-state index is 13.8. The highest BCUT2D eigenvalue weighted by Gasteiger charge is 2.46. The fourth-order valence-corrected chi connectivity index (χ4v) is 4.87. The highest BCUT2D eigenvalue weighted by Crippen LogP contribution is 2.37. The number of aromatic nitrogens is 1. The summed E-state index contributed by atoms with van der Waals surface area (Å²) in [4.78, 5) is 40.0. The van der Waals surface area contributed by atoms with E-state index in [1.807, 2.05) is 0 Å². The number of carbonyl (C=O) groups excluding carboxylic acids is 2. The van der Waals surface area contributed by atoms with Crippen LogP contribution in [0.2, 0.25) is 0 Å². The van der Waals surface area contributed by atoms with E-state index in [0.717, 1.165) is 43.9 Å². The topological polar surface area (TPSA) is 101 Å². The summed E-state index contributed by atoms with van der Waals surface area (Å²) in [6, 6.07) is 2.83. The molecule has 3 atom stereocenters. The van der Waals surface area contributed by atoms with Gasteiger partial charge in [0.05, 0.1) is 12.6 Å². The van der Waals surface area contributed by atoms with E-state index >= 15 is 0 Å². The molecule has 5 rings (SSSR count). The molecule has 2 fully saturated rings. The van der Waals surface area contributed by atoms with Crippen molar-refractivity contribution in [3.05, 3.63) is 63.1 Å². The maximum Gasteiger partial charge on any atom is 0.276 e. The Morgan fingerprint density at radius 2 is 2.06 bits per heavy atom. The molecule has 3 aliphatic rings. The number of fused-ring (bicyclic) bond motifs is 5. The van der Waals surface area contributed by atoms with Gasteiger partial charge in [-0.15, -0.1) is 0 Å². The molecule has 1 aromatic heterocycles. The first-order valence-corrected chi connectivity index (χ1v) is 10.5. The quantitative estimate of drug-likeness (QED) is 0.752. The average Bonchev–Trinajstić information content (AvgIpc) is 2.76. The number of pyridine rings is 1. The second-order valence-electron chi connectivity index (χ2n) is 8.39. The molecule has 0 unspecified atom stereocenters. The molecular formula is C22H21F2N3O5. The Labute approximate surface area is 181 Å². The lowest BCUT2D eigenvalue weighted by atomic mass is 9.89. The van der Waals surface area contributed by atoms with Crippen LogP contribution >= 0.6 is 0 Å². The molecule has 2 aromatic rings. The van der Waals surface area contributed by atoms with Gasteiger partial charge in [0, 0.05) is 24.3 Å². The molecule has 1 aliphatic carbocycles. The van der Waals surface area contributed by atoms with Gasteiger partial charge < -0.3 is 24.6 Å². The SMILES string of the molecule is O=C(NCc1cc(F)ccc1F)c1cn2c(c(O)c1=O)C(=O)N1[C@H]3CCC[C@H](C3)O[C@@H]1C2. The minimum absolute atomic E-state index is 0.00704. The zero-order valence-corrected chi connectivity index (χ0v) is 17.0. The summed E-state index contributed by atoms with van der Waals surface area (Å²) in [5.74, 6) is -3.56. The third kappa shape index (κ3) is 3.35. The van der Waals surface area contributed by atoms with Crippen molar-refractivity contribution in [1.82, 2.24) is 14.8 Å². The van der Waals surface area contributed by atoms with Gasteiger partial charge in [-0.05, 0) is 43.9 Å². The van der Waals surface area contributed by atoms with E-state index in [9.17, 15) is 28.3 Å².